The average Bonchev–Trinajstić information content (AvgIpc) is 3.04. The van der Waals surface area contributed by atoms with Crippen LogP contribution in [0.2, 0.25) is 0 Å². The summed E-state index contributed by atoms with van der Waals surface area (Å²) in [5.41, 5.74) is 10.4. The number of nitrogens with zero attached hydrogens (tertiary/aromatic N) is 2. The molecule has 2 nitrogen and oxygen atoms in total. The third-order valence-corrected chi connectivity index (χ3v) is 7.88. The Labute approximate surface area is 280 Å². The summed E-state index contributed by atoms with van der Waals surface area (Å²) < 4.78 is 0. The quantitative estimate of drug-likeness (QED) is 0.132. The van der Waals surface area contributed by atoms with Crippen molar-refractivity contribution in [3.05, 3.63) is 156 Å². The Hall–Kier alpha value is -4.43. The van der Waals surface area contributed by atoms with E-state index in [-0.39, 0.29) is 25.5 Å². The van der Waals surface area contributed by atoms with E-state index in [4.69, 9.17) is 0 Å². The molecule has 0 spiro atoms. The second kappa shape index (κ2) is 13.7. The van der Waals surface area contributed by atoms with E-state index in [9.17, 15) is 0 Å². The number of fused-ring (bicyclic) bond motifs is 3. The zero-order valence-electron chi connectivity index (χ0n) is 26.4. The monoisotopic (exact) mass is 761 g/mol. The van der Waals surface area contributed by atoms with E-state index >= 15 is 0 Å². The van der Waals surface area contributed by atoms with Gasteiger partial charge in [-0.3, -0.25) is 0 Å². The zero-order chi connectivity index (χ0) is 30.7. The van der Waals surface area contributed by atoms with E-state index in [0.29, 0.717) is 0 Å². The normalized spacial score (nSPS) is 11.0. The van der Waals surface area contributed by atoms with Crippen LogP contribution < -0.4 is 0 Å². The number of aryl methyl sites for hydroxylation is 2. The van der Waals surface area contributed by atoms with Crippen LogP contribution in [0.25, 0.3) is 55.2 Å². The molecule has 0 amide bonds. The molecule has 7 aromatic rings. The first kappa shape index (κ1) is 32.0. The van der Waals surface area contributed by atoms with Crippen molar-refractivity contribution in [3.63, 3.8) is 0 Å². The Morgan fingerprint density at radius 3 is 2.02 bits per heavy atom. The van der Waals surface area contributed by atoms with Gasteiger partial charge in [0.1, 0.15) is 0 Å². The molecule has 0 unspecified atom stereocenters. The Morgan fingerprint density at radius 1 is 0.556 bits per heavy atom. The topological polar surface area (TPSA) is 25.8 Å². The van der Waals surface area contributed by atoms with Crippen molar-refractivity contribution in [2.75, 3.05) is 0 Å². The molecule has 0 fully saturated rings. The number of hydrogen-bond donors (Lipinski definition) is 0. The summed E-state index contributed by atoms with van der Waals surface area (Å²) in [6, 6.07) is 46.8. The molecular weight excluding hydrogens is 725 g/mol. The molecule has 0 aliphatic heterocycles. The molecule has 2 aromatic heterocycles. The second-order valence-corrected chi connectivity index (χ2v) is 12.4. The summed E-state index contributed by atoms with van der Waals surface area (Å²) in [6.07, 6.45) is 3.71. The van der Waals surface area contributed by atoms with Gasteiger partial charge in [0, 0.05) is 32.5 Å². The first-order chi connectivity index (χ1) is 21.2. The second-order valence-electron chi connectivity index (χ2n) is 12.4. The number of rotatable bonds is 3. The van der Waals surface area contributed by atoms with Crippen molar-refractivity contribution in [1.82, 2.24) is 9.97 Å². The molecule has 3 heteroatoms. The Balaban J connectivity index is 0.000000176. The van der Waals surface area contributed by atoms with Gasteiger partial charge in [0.15, 0.2) is 0 Å². The predicted molar refractivity (Wildman–Crippen MR) is 186 cm³/mol. The number of hydrogen-bond acceptors (Lipinski definition) is 2. The summed E-state index contributed by atoms with van der Waals surface area (Å²) in [4.78, 5) is 8.97. The minimum atomic E-state index is 0. The maximum atomic E-state index is 4.56. The molecule has 7 rings (SSSR count). The largest absolute Gasteiger partial charge is 0.305 e. The van der Waals surface area contributed by atoms with E-state index in [2.05, 4.69) is 142 Å². The van der Waals surface area contributed by atoms with E-state index < -0.39 is 0 Å². The Morgan fingerprint density at radius 2 is 1.27 bits per heavy atom. The minimum absolute atomic E-state index is 0. The van der Waals surface area contributed by atoms with Crippen LogP contribution in [0.4, 0.5) is 0 Å². The summed E-state index contributed by atoms with van der Waals surface area (Å²) in [7, 11) is 0. The maximum Gasteiger partial charge on any atom is 0.0163 e. The molecule has 2 heterocycles. The van der Waals surface area contributed by atoms with Gasteiger partial charge in [-0.25, -0.2) is 0 Å². The molecule has 0 aliphatic carbocycles. The van der Waals surface area contributed by atoms with Crippen molar-refractivity contribution >= 4 is 21.5 Å². The fourth-order valence-corrected chi connectivity index (χ4v) is 5.59. The molecule has 5 aromatic carbocycles. The van der Waals surface area contributed by atoms with Gasteiger partial charge in [0.25, 0.3) is 0 Å². The van der Waals surface area contributed by atoms with E-state index in [1.807, 2.05) is 42.7 Å². The molecule has 45 heavy (non-hydrogen) atoms. The van der Waals surface area contributed by atoms with Crippen LogP contribution >= 0.6 is 0 Å². The van der Waals surface area contributed by atoms with Gasteiger partial charge in [0.2, 0.25) is 0 Å². The van der Waals surface area contributed by atoms with Crippen LogP contribution in [0.1, 0.15) is 37.5 Å². The molecule has 0 atom stereocenters. The average molecular weight is 761 g/mol. The number of aromatic nitrogens is 2. The van der Waals surface area contributed by atoms with Crippen LogP contribution in [-0.2, 0) is 25.5 Å². The standard InChI is InChI=1S/C23H24N.C19H12N.Ir/c1-16-11-17(2)13-20(12-16)18-7-6-8-19(14-18)22-15-21(9-10-24-22)23(3,4)5;1-2-6-17-14(5-1)8-9-15-10-11-16(13-18(15)17)19-7-3-4-12-20-19;/h6-7,9-15H,1-5H3;1-10,12-13H;/q2*-1;. The third-order valence-electron chi connectivity index (χ3n) is 7.88. The van der Waals surface area contributed by atoms with Crippen LogP contribution in [0.5, 0.6) is 0 Å². The Kier molecular flexibility index (Phi) is 9.73. The first-order valence-electron chi connectivity index (χ1n) is 15.1. The van der Waals surface area contributed by atoms with Gasteiger partial charge in [-0.15, -0.1) is 59.2 Å². The molecule has 0 N–H and O–H groups in total. The van der Waals surface area contributed by atoms with Crippen molar-refractivity contribution in [2.45, 2.75) is 40.0 Å². The SMILES string of the molecule is Cc1cc(C)cc(-c2cc[c-]c(-c3cc(C(C)(C)C)ccn3)c2)c1.[Ir].[c-]1cc2ccc3ccccc3c2cc1-c1ccccn1. The smallest absolute Gasteiger partial charge is 0.0163 e. The van der Waals surface area contributed by atoms with Crippen LogP contribution in [0.15, 0.2) is 128 Å². The van der Waals surface area contributed by atoms with Gasteiger partial charge >= 0.3 is 0 Å². The van der Waals surface area contributed by atoms with Gasteiger partial charge in [-0.2, -0.15) is 0 Å². The summed E-state index contributed by atoms with van der Waals surface area (Å²) in [5.74, 6) is 0. The van der Waals surface area contributed by atoms with Crippen LogP contribution in [-0.4, -0.2) is 9.97 Å². The van der Waals surface area contributed by atoms with Gasteiger partial charge in [0.05, 0.1) is 0 Å². The van der Waals surface area contributed by atoms with Crippen molar-refractivity contribution in [1.29, 1.82) is 0 Å². The van der Waals surface area contributed by atoms with E-state index in [0.717, 1.165) is 22.5 Å². The molecular formula is C42H36IrN2-2. The summed E-state index contributed by atoms with van der Waals surface area (Å²) in [5, 5.41) is 5.00. The first-order valence-corrected chi connectivity index (χ1v) is 15.1. The van der Waals surface area contributed by atoms with Crippen molar-refractivity contribution < 1.29 is 20.1 Å². The minimum Gasteiger partial charge on any atom is -0.305 e. The molecule has 0 bridgehead atoms. The third kappa shape index (κ3) is 7.45. The maximum absolute atomic E-state index is 4.56. The fraction of sp³-hybridized carbons (Fsp3) is 0.143. The summed E-state index contributed by atoms with van der Waals surface area (Å²) >= 11 is 0. The van der Waals surface area contributed by atoms with Gasteiger partial charge in [-0.1, -0.05) is 115 Å². The van der Waals surface area contributed by atoms with E-state index in [1.54, 1.807) is 0 Å². The van der Waals surface area contributed by atoms with E-state index in [1.165, 1.54) is 49.4 Å². The predicted octanol–water partition coefficient (Wildman–Crippen LogP) is 11.0. The van der Waals surface area contributed by atoms with Crippen LogP contribution in [0.3, 0.4) is 0 Å². The number of benzene rings is 5. The van der Waals surface area contributed by atoms with Gasteiger partial charge in [-0.05, 0) is 64.7 Å². The fourth-order valence-electron chi connectivity index (χ4n) is 5.59. The van der Waals surface area contributed by atoms with Crippen LogP contribution in [0, 0.1) is 26.0 Å². The molecule has 0 aliphatic rings. The zero-order valence-corrected chi connectivity index (χ0v) is 28.7. The van der Waals surface area contributed by atoms with Crippen molar-refractivity contribution in [2.24, 2.45) is 0 Å². The molecule has 0 saturated heterocycles. The van der Waals surface area contributed by atoms with Crippen molar-refractivity contribution in [3.8, 4) is 33.6 Å². The molecule has 1 radical (unpaired) electrons. The Bertz CT molecular complexity index is 2050. The molecule has 225 valence electrons. The number of pyridine rings is 2. The summed E-state index contributed by atoms with van der Waals surface area (Å²) in [6.45, 7) is 11.0. The molecule has 0 saturated carbocycles. The van der Waals surface area contributed by atoms with Gasteiger partial charge < -0.3 is 9.97 Å².